The van der Waals surface area contributed by atoms with Gasteiger partial charge in [0.25, 0.3) is 5.91 Å². The van der Waals surface area contributed by atoms with Crippen LogP contribution in [-0.4, -0.2) is 40.8 Å². The minimum Gasteiger partial charge on any atom is -0.362 e. The number of rotatable bonds is 10. The van der Waals surface area contributed by atoms with Gasteiger partial charge in [0.2, 0.25) is 5.91 Å². The van der Waals surface area contributed by atoms with Crippen LogP contribution in [0.25, 0.3) is 0 Å². The Balaban J connectivity index is 1.68. The van der Waals surface area contributed by atoms with Crippen molar-refractivity contribution < 1.29 is 9.59 Å². The van der Waals surface area contributed by atoms with E-state index in [1.54, 1.807) is 10.3 Å². The van der Waals surface area contributed by atoms with E-state index in [2.05, 4.69) is 22.5 Å². The van der Waals surface area contributed by atoms with Crippen molar-refractivity contribution in [3.63, 3.8) is 0 Å². The monoisotopic (exact) mass is 386 g/mol. The number of aromatic nitrogens is 1. The summed E-state index contributed by atoms with van der Waals surface area (Å²) in [6, 6.07) is 9.99. The number of hydrogen-bond donors (Lipinski definition) is 2. The van der Waals surface area contributed by atoms with Crippen LogP contribution in [0.1, 0.15) is 48.7 Å². The van der Waals surface area contributed by atoms with E-state index in [0.29, 0.717) is 12.2 Å². The third-order valence-corrected chi connectivity index (χ3v) is 5.11. The number of unbranched alkanes of at least 4 members (excludes halogenated alkanes) is 1. The molecule has 2 N–H and O–H groups in total. The summed E-state index contributed by atoms with van der Waals surface area (Å²) in [6.07, 6.45) is 4.21. The number of thiazole rings is 1. The van der Waals surface area contributed by atoms with Gasteiger partial charge in [-0.15, -0.1) is 11.3 Å². The highest BCUT2D eigenvalue weighted by molar-refractivity contribution is 7.13. The third-order valence-electron chi connectivity index (χ3n) is 4.31. The van der Waals surface area contributed by atoms with E-state index >= 15 is 0 Å². The summed E-state index contributed by atoms with van der Waals surface area (Å²) in [4.78, 5) is 31.2. The first-order valence-corrected chi connectivity index (χ1v) is 10.4. The molecule has 1 aromatic heterocycles. The van der Waals surface area contributed by atoms with E-state index in [1.807, 2.05) is 30.3 Å². The summed E-state index contributed by atoms with van der Waals surface area (Å²) >= 11 is 1.42. The molecule has 1 aliphatic carbocycles. The van der Waals surface area contributed by atoms with Gasteiger partial charge in [-0.2, -0.15) is 0 Å². The van der Waals surface area contributed by atoms with Gasteiger partial charge in [-0.1, -0.05) is 43.7 Å². The first kappa shape index (κ1) is 19.4. The Morgan fingerprint density at radius 1 is 1.26 bits per heavy atom. The minimum absolute atomic E-state index is 0.0420. The van der Waals surface area contributed by atoms with Crippen LogP contribution in [0, 0.1) is 0 Å². The maximum absolute atomic E-state index is 13.0. The first-order valence-electron chi connectivity index (χ1n) is 9.47. The molecule has 1 aromatic carbocycles. The van der Waals surface area contributed by atoms with Crippen LogP contribution in [0.2, 0.25) is 0 Å². The third kappa shape index (κ3) is 6.06. The Labute approximate surface area is 164 Å². The predicted octanol–water partition coefficient (Wildman–Crippen LogP) is 3.28. The number of nitrogens with one attached hydrogen (secondary N) is 2. The summed E-state index contributed by atoms with van der Waals surface area (Å²) in [5, 5.41) is 8.70. The van der Waals surface area contributed by atoms with E-state index < -0.39 is 0 Å². The van der Waals surface area contributed by atoms with Crippen molar-refractivity contribution >= 4 is 28.3 Å². The zero-order valence-electron chi connectivity index (χ0n) is 15.6. The van der Waals surface area contributed by atoms with E-state index in [0.717, 1.165) is 42.9 Å². The number of anilines is 1. The highest BCUT2D eigenvalue weighted by Gasteiger charge is 2.26. The Morgan fingerprint density at radius 3 is 2.74 bits per heavy atom. The number of amides is 2. The van der Waals surface area contributed by atoms with Gasteiger partial charge in [-0.25, -0.2) is 4.98 Å². The molecule has 6 nitrogen and oxygen atoms in total. The van der Waals surface area contributed by atoms with Crippen molar-refractivity contribution in [3.8, 4) is 0 Å². The normalized spacial score (nSPS) is 13.2. The SMILES string of the molecule is CCCCNc1nc(C(=O)N(CC(=O)NC2CC2)Cc2ccccc2)cs1. The van der Waals surface area contributed by atoms with Gasteiger partial charge in [0, 0.05) is 24.5 Å². The first-order chi connectivity index (χ1) is 13.2. The summed E-state index contributed by atoms with van der Waals surface area (Å²) in [6.45, 7) is 3.40. The van der Waals surface area contributed by atoms with Crippen LogP contribution in [0.3, 0.4) is 0 Å². The number of benzene rings is 1. The topological polar surface area (TPSA) is 74.3 Å². The lowest BCUT2D eigenvalue weighted by Gasteiger charge is -2.21. The summed E-state index contributed by atoms with van der Waals surface area (Å²) < 4.78 is 0. The number of carbonyl (C=O) groups excluding carboxylic acids is 2. The summed E-state index contributed by atoms with van der Waals surface area (Å²) in [5.41, 5.74) is 1.37. The van der Waals surface area contributed by atoms with Crippen molar-refractivity contribution in [2.75, 3.05) is 18.4 Å². The van der Waals surface area contributed by atoms with Crippen LogP contribution in [0.15, 0.2) is 35.7 Å². The van der Waals surface area contributed by atoms with Crippen LogP contribution in [-0.2, 0) is 11.3 Å². The van der Waals surface area contributed by atoms with E-state index in [-0.39, 0.29) is 24.4 Å². The molecule has 7 heteroatoms. The molecule has 0 atom stereocenters. The van der Waals surface area contributed by atoms with Crippen molar-refractivity contribution in [2.45, 2.75) is 45.2 Å². The summed E-state index contributed by atoms with van der Waals surface area (Å²) in [7, 11) is 0. The fraction of sp³-hybridized carbons (Fsp3) is 0.450. The molecule has 0 aliphatic heterocycles. The Hall–Kier alpha value is -2.41. The predicted molar refractivity (Wildman–Crippen MR) is 108 cm³/mol. The van der Waals surface area contributed by atoms with Crippen LogP contribution < -0.4 is 10.6 Å². The molecule has 27 heavy (non-hydrogen) atoms. The maximum atomic E-state index is 13.0. The second-order valence-corrected chi connectivity index (χ2v) is 7.66. The Morgan fingerprint density at radius 2 is 2.04 bits per heavy atom. The molecule has 2 amide bonds. The molecule has 3 rings (SSSR count). The molecule has 0 unspecified atom stereocenters. The van der Waals surface area contributed by atoms with Gasteiger partial charge in [-0.05, 0) is 24.8 Å². The van der Waals surface area contributed by atoms with Crippen molar-refractivity contribution in [1.82, 2.24) is 15.2 Å². The van der Waals surface area contributed by atoms with Gasteiger partial charge >= 0.3 is 0 Å². The van der Waals surface area contributed by atoms with Gasteiger partial charge in [0.15, 0.2) is 5.13 Å². The second kappa shape index (κ2) is 9.50. The Bertz CT molecular complexity index is 758. The molecule has 0 saturated heterocycles. The number of nitrogens with zero attached hydrogens (tertiary/aromatic N) is 2. The summed E-state index contributed by atoms with van der Waals surface area (Å²) in [5.74, 6) is -0.331. The number of hydrogen-bond acceptors (Lipinski definition) is 5. The average Bonchev–Trinajstić information content (AvgIpc) is 3.35. The molecular formula is C20H26N4O2S. The standard InChI is InChI=1S/C20H26N4O2S/c1-2-3-11-21-20-23-17(14-27-20)19(26)24(12-15-7-5-4-6-8-15)13-18(25)22-16-9-10-16/h4-8,14,16H,2-3,9-13H2,1H3,(H,21,23)(H,22,25). The zero-order chi connectivity index (χ0) is 19.1. The molecule has 2 aromatic rings. The van der Waals surface area contributed by atoms with Gasteiger partial charge in [-0.3, -0.25) is 9.59 Å². The molecule has 1 heterocycles. The minimum atomic E-state index is -0.218. The van der Waals surface area contributed by atoms with E-state index in [4.69, 9.17) is 0 Å². The molecule has 0 radical (unpaired) electrons. The van der Waals surface area contributed by atoms with Crippen molar-refractivity contribution in [2.24, 2.45) is 0 Å². The fourth-order valence-corrected chi connectivity index (χ4v) is 3.38. The van der Waals surface area contributed by atoms with Gasteiger partial charge < -0.3 is 15.5 Å². The smallest absolute Gasteiger partial charge is 0.274 e. The molecule has 0 bridgehead atoms. The maximum Gasteiger partial charge on any atom is 0.274 e. The lowest BCUT2D eigenvalue weighted by atomic mass is 10.2. The van der Waals surface area contributed by atoms with Crippen LogP contribution in [0.4, 0.5) is 5.13 Å². The highest BCUT2D eigenvalue weighted by atomic mass is 32.1. The van der Waals surface area contributed by atoms with Crippen molar-refractivity contribution in [3.05, 3.63) is 47.0 Å². The van der Waals surface area contributed by atoms with Gasteiger partial charge in [0.05, 0.1) is 0 Å². The van der Waals surface area contributed by atoms with E-state index in [1.165, 1.54) is 11.3 Å². The molecule has 1 fully saturated rings. The number of carbonyl (C=O) groups is 2. The van der Waals surface area contributed by atoms with E-state index in [9.17, 15) is 9.59 Å². The largest absolute Gasteiger partial charge is 0.362 e. The lowest BCUT2D eigenvalue weighted by Crippen LogP contribution is -2.41. The van der Waals surface area contributed by atoms with Crippen LogP contribution >= 0.6 is 11.3 Å². The highest BCUT2D eigenvalue weighted by Crippen LogP contribution is 2.20. The fourth-order valence-electron chi connectivity index (χ4n) is 2.66. The van der Waals surface area contributed by atoms with Gasteiger partial charge in [0.1, 0.15) is 12.2 Å². The molecule has 0 spiro atoms. The molecular weight excluding hydrogens is 360 g/mol. The quantitative estimate of drug-likeness (QED) is 0.615. The molecule has 144 valence electrons. The zero-order valence-corrected chi connectivity index (χ0v) is 16.4. The molecule has 1 saturated carbocycles. The second-order valence-electron chi connectivity index (χ2n) is 6.81. The Kier molecular flexibility index (Phi) is 6.81. The lowest BCUT2D eigenvalue weighted by molar-refractivity contribution is -0.122. The average molecular weight is 387 g/mol. The van der Waals surface area contributed by atoms with Crippen LogP contribution in [0.5, 0.6) is 0 Å². The molecule has 1 aliphatic rings. The van der Waals surface area contributed by atoms with Crippen molar-refractivity contribution in [1.29, 1.82) is 0 Å².